The Kier molecular flexibility index (Phi) is 6.45. The number of guanidine groups is 1. The smallest absolute Gasteiger partial charge is 0.257 e. The van der Waals surface area contributed by atoms with E-state index in [-0.39, 0.29) is 5.82 Å². The van der Waals surface area contributed by atoms with Gasteiger partial charge in [0.2, 0.25) is 0 Å². The molecule has 2 heterocycles. The van der Waals surface area contributed by atoms with Crippen molar-refractivity contribution in [2.45, 2.75) is 19.8 Å². The molecular formula is C23H27FN6O. The van der Waals surface area contributed by atoms with Crippen LogP contribution in [0.4, 0.5) is 10.1 Å². The molecule has 2 aromatic carbocycles. The topological polar surface area (TPSA) is 83.8 Å². The van der Waals surface area contributed by atoms with Crippen LogP contribution in [0, 0.1) is 5.82 Å². The van der Waals surface area contributed by atoms with E-state index in [0.29, 0.717) is 24.2 Å². The highest BCUT2D eigenvalue weighted by molar-refractivity contribution is 5.78. The molecule has 0 amide bonds. The van der Waals surface area contributed by atoms with E-state index < -0.39 is 0 Å². The summed E-state index contributed by atoms with van der Waals surface area (Å²) in [5, 5.41) is 3.93. The van der Waals surface area contributed by atoms with Crippen LogP contribution in [0.25, 0.3) is 11.5 Å². The quantitative estimate of drug-likeness (QED) is 0.485. The zero-order valence-corrected chi connectivity index (χ0v) is 17.7. The minimum atomic E-state index is -0.214. The van der Waals surface area contributed by atoms with Crippen molar-refractivity contribution in [2.75, 3.05) is 37.6 Å². The summed E-state index contributed by atoms with van der Waals surface area (Å²) >= 11 is 0. The molecule has 1 saturated heterocycles. The average Bonchev–Trinajstić information content (AvgIpc) is 3.29. The Labute approximate surface area is 181 Å². The lowest BCUT2D eigenvalue weighted by Crippen LogP contribution is -2.51. The summed E-state index contributed by atoms with van der Waals surface area (Å²) in [4.78, 5) is 13.2. The highest BCUT2D eigenvalue weighted by Gasteiger charge is 2.18. The molecule has 31 heavy (non-hydrogen) atoms. The third-order valence-electron chi connectivity index (χ3n) is 5.45. The zero-order valence-electron chi connectivity index (χ0n) is 17.7. The number of halogens is 1. The van der Waals surface area contributed by atoms with Crippen LogP contribution >= 0.6 is 0 Å². The fourth-order valence-electron chi connectivity index (χ4n) is 3.57. The second-order valence-electron chi connectivity index (χ2n) is 7.51. The van der Waals surface area contributed by atoms with E-state index in [4.69, 9.17) is 10.3 Å². The Balaban J connectivity index is 1.26. The van der Waals surface area contributed by atoms with Crippen LogP contribution in [0.3, 0.4) is 0 Å². The van der Waals surface area contributed by atoms with Crippen molar-refractivity contribution in [1.82, 2.24) is 15.0 Å². The van der Waals surface area contributed by atoms with Crippen molar-refractivity contribution in [3.63, 3.8) is 0 Å². The first-order chi connectivity index (χ1) is 15.1. The lowest BCUT2D eigenvalue weighted by Gasteiger charge is -2.36. The summed E-state index contributed by atoms with van der Waals surface area (Å²) < 4.78 is 18.4. The number of piperazine rings is 1. The van der Waals surface area contributed by atoms with Crippen LogP contribution in [0.2, 0.25) is 0 Å². The normalized spacial score (nSPS) is 14.8. The predicted octanol–water partition coefficient (Wildman–Crippen LogP) is 3.12. The maximum atomic E-state index is 13.1. The molecule has 1 fully saturated rings. The highest BCUT2D eigenvalue weighted by Crippen LogP contribution is 2.19. The molecule has 4 rings (SSSR count). The molecule has 0 unspecified atom stereocenters. The molecule has 0 aliphatic carbocycles. The number of aliphatic imine (C=N–C) groups is 1. The van der Waals surface area contributed by atoms with Crippen LogP contribution in [-0.4, -0.2) is 53.7 Å². The van der Waals surface area contributed by atoms with Crippen molar-refractivity contribution in [3.05, 3.63) is 65.7 Å². The van der Waals surface area contributed by atoms with Gasteiger partial charge in [-0.1, -0.05) is 24.2 Å². The van der Waals surface area contributed by atoms with Crippen LogP contribution < -0.4 is 10.6 Å². The number of nitrogens with two attached hydrogens (primary N) is 1. The van der Waals surface area contributed by atoms with Gasteiger partial charge in [0.05, 0.1) is 0 Å². The number of hydrogen-bond acceptors (Lipinski definition) is 5. The van der Waals surface area contributed by atoms with Gasteiger partial charge in [-0.2, -0.15) is 4.98 Å². The zero-order chi connectivity index (χ0) is 21.6. The monoisotopic (exact) mass is 422 g/mol. The van der Waals surface area contributed by atoms with Crippen LogP contribution in [0.1, 0.15) is 18.3 Å². The molecular weight excluding hydrogens is 395 g/mol. The summed E-state index contributed by atoms with van der Waals surface area (Å²) in [7, 11) is 0. The van der Waals surface area contributed by atoms with Crippen molar-refractivity contribution in [2.24, 2.45) is 10.7 Å². The van der Waals surface area contributed by atoms with E-state index >= 15 is 0 Å². The Bertz CT molecular complexity index is 1010. The first kappa shape index (κ1) is 20.8. The Morgan fingerprint density at radius 2 is 1.77 bits per heavy atom. The minimum Gasteiger partial charge on any atom is -0.370 e. The molecule has 1 aromatic heterocycles. The SMILES string of the molecule is CCc1noc(-c2ccc(CCN=C(N)N3CCN(c4ccc(F)cc4)CC3)cc2)n1. The lowest BCUT2D eigenvalue weighted by atomic mass is 10.1. The van der Waals surface area contributed by atoms with Crippen molar-refractivity contribution >= 4 is 11.6 Å². The largest absolute Gasteiger partial charge is 0.370 e. The molecule has 3 aromatic rings. The van der Waals surface area contributed by atoms with Crippen molar-refractivity contribution in [1.29, 1.82) is 0 Å². The highest BCUT2D eigenvalue weighted by atomic mass is 19.1. The number of aryl methyl sites for hydroxylation is 1. The van der Waals surface area contributed by atoms with Crippen molar-refractivity contribution < 1.29 is 8.91 Å². The maximum Gasteiger partial charge on any atom is 0.257 e. The molecule has 0 bridgehead atoms. The van der Waals surface area contributed by atoms with E-state index in [2.05, 4.69) is 37.1 Å². The summed E-state index contributed by atoms with van der Waals surface area (Å²) in [6.07, 6.45) is 1.56. The third kappa shape index (κ3) is 5.20. The van der Waals surface area contributed by atoms with E-state index in [1.165, 1.54) is 17.7 Å². The Hall–Kier alpha value is -3.42. The fourth-order valence-corrected chi connectivity index (χ4v) is 3.57. The Morgan fingerprint density at radius 1 is 1.06 bits per heavy atom. The number of aromatic nitrogens is 2. The molecule has 0 spiro atoms. The van der Waals surface area contributed by atoms with Crippen LogP contribution in [0.5, 0.6) is 0 Å². The van der Waals surface area contributed by atoms with Crippen LogP contribution in [-0.2, 0) is 12.8 Å². The molecule has 0 atom stereocenters. The summed E-state index contributed by atoms with van der Waals surface area (Å²) in [6, 6.07) is 14.7. The van der Waals surface area contributed by atoms with E-state index in [9.17, 15) is 4.39 Å². The summed E-state index contributed by atoms with van der Waals surface area (Å²) in [5.74, 6) is 1.62. The van der Waals surface area contributed by atoms with Gasteiger partial charge < -0.3 is 20.1 Å². The van der Waals surface area contributed by atoms with E-state index in [1.807, 2.05) is 31.2 Å². The first-order valence-electron chi connectivity index (χ1n) is 10.6. The molecule has 2 N–H and O–H groups in total. The molecule has 8 heteroatoms. The lowest BCUT2D eigenvalue weighted by molar-refractivity contribution is 0.381. The van der Waals surface area contributed by atoms with Gasteiger partial charge in [-0.25, -0.2) is 4.39 Å². The summed E-state index contributed by atoms with van der Waals surface area (Å²) in [6.45, 7) is 5.88. The van der Waals surface area contributed by atoms with Gasteiger partial charge in [0.1, 0.15) is 5.82 Å². The van der Waals surface area contributed by atoms with Crippen LogP contribution in [0.15, 0.2) is 58.0 Å². The van der Waals surface area contributed by atoms with Gasteiger partial charge in [0, 0.05) is 50.4 Å². The molecule has 162 valence electrons. The van der Waals surface area contributed by atoms with Gasteiger partial charge in [0.25, 0.3) is 5.89 Å². The second kappa shape index (κ2) is 9.59. The van der Waals surface area contributed by atoms with Gasteiger partial charge in [-0.05, 0) is 48.4 Å². The fraction of sp³-hybridized carbons (Fsp3) is 0.348. The van der Waals surface area contributed by atoms with Gasteiger partial charge in [0.15, 0.2) is 11.8 Å². The number of nitrogens with zero attached hydrogens (tertiary/aromatic N) is 5. The van der Waals surface area contributed by atoms with Crippen molar-refractivity contribution in [3.8, 4) is 11.5 Å². The Morgan fingerprint density at radius 3 is 2.42 bits per heavy atom. The molecule has 0 saturated carbocycles. The molecule has 1 aliphatic rings. The standard InChI is InChI=1S/C23H27FN6O/c1-2-21-27-22(31-28-21)18-5-3-17(4-6-18)11-12-26-23(25)30-15-13-29(14-16-30)20-9-7-19(24)8-10-20/h3-10H,2,11-16H2,1H3,(H2,25,26). The third-order valence-corrected chi connectivity index (χ3v) is 5.45. The molecule has 0 radical (unpaired) electrons. The van der Waals surface area contributed by atoms with Gasteiger partial charge in [-0.15, -0.1) is 0 Å². The predicted molar refractivity (Wildman–Crippen MR) is 119 cm³/mol. The molecule has 7 nitrogen and oxygen atoms in total. The number of rotatable bonds is 6. The van der Waals surface area contributed by atoms with Gasteiger partial charge in [-0.3, -0.25) is 4.99 Å². The number of hydrogen-bond donors (Lipinski definition) is 1. The van der Waals surface area contributed by atoms with E-state index in [0.717, 1.165) is 50.3 Å². The number of anilines is 1. The average molecular weight is 423 g/mol. The molecule has 1 aliphatic heterocycles. The first-order valence-corrected chi connectivity index (χ1v) is 10.6. The van der Waals surface area contributed by atoms with Gasteiger partial charge >= 0.3 is 0 Å². The summed E-state index contributed by atoms with van der Waals surface area (Å²) in [5.41, 5.74) is 9.34. The van der Waals surface area contributed by atoms with E-state index in [1.54, 1.807) is 0 Å². The number of benzene rings is 2. The maximum absolute atomic E-state index is 13.1. The second-order valence-corrected chi connectivity index (χ2v) is 7.51. The minimum absolute atomic E-state index is 0.214.